The lowest BCUT2D eigenvalue weighted by Gasteiger charge is -2.18. The molecule has 1 aromatic carbocycles. The van der Waals surface area contributed by atoms with Crippen molar-refractivity contribution in [1.82, 2.24) is 20.3 Å². The molecule has 6 N–H and O–H groups in total. The molecule has 0 saturated carbocycles. The lowest BCUT2D eigenvalue weighted by atomic mass is 10.1. The molecule has 0 aliphatic rings. The van der Waals surface area contributed by atoms with E-state index in [1.54, 1.807) is 43.7 Å². The zero-order valence-corrected chi connectivity index (χ0v) is 24.6. The minimum Gasteiger partial charge on any atom is -0.397 e. The number of benzene rings is 1. The number of anilines is 1. The summed E-state index contributed by atoms with van der Waals surface area (Å²) in [6.45, 7) is 15.6. The van der Waals surface area contributed by atoms with Crippen LogP contribution in [-0.2, 0) is 11.3 Å². The smallest absolute Gasteiger partial charge is 0.397 e. The van der Waals surface area contributed by atoms with Crippen molar-refractivity contribution in [2.75, 3.05) is 11.9 Å². The molecule has 0 bridgehead atoms. The first-order valence-corrected chi connectivity index (χ1v) is 13.3. The fraction of sp³-hybridized carbons (Fsp3) is 0.367. The highest BCUT2D eigenvalue weighted by Gasteiger charge is 2.32. The molecule has 2 rings (SSSR count). The predicted octanol–water partition coefficient (Wildman–Crippen LogP) is 5.76. The summed E-state index contributed by atoms with van der Waals surface area (Å²) in [7, 11) is 0. The van der Waals surface area contributed by atoms with Gasteiger partial charge < -0.3 is 21.4 Å². The van der Waals surface area contributed by atoms with E-state index in [9.17, 15) is 18.0 Å². The molecule has 41 heavy (non-hydrogen) atoms. The van der Waals surface area contributed by atoms with Gasteiger partial charge in [-0.15, -0.1) is 0 Å². The molecule has 1 aromatic heterocycles. The second-order valence-corrected chi connectivity index (χ2v) is 9.47. The minimum absolute atomic E-state index is 0.00790. The molecule has 1 amide bonds. The lowest BCUT2D eigenvalue weighted by Crippen LogP contribution is -2.26. The number of carbonyl (C=O) groups is 1. The number of nitrogens with one attached hydrogen (secondary N) is 2. The maximum absolute atomic E-state index is 13.5. The zero-order valence-electron chi connectivity index (χ0n) is 24.6. The Hall–Kier alpha value is -3.96. The first-order chi connectivity index (χ1) is 19.3. The van der Waals surface area contributed by atoms with E-state index < -0.39 is 17.7 Å². The van der Waals surface area contributed by atoms with E-state index >= 15 is 0 Å². The van der Waals surface area contributed by atoms with Crippen LogP contribution in [0, 0.1) is 6.92 Å². The predicted molar refractivity (Wildman–Crippen MR) is 160 cm³/mol. The number of hydrazine groups is 1. The first kappa shape index (κ1) is 35.1. The van der Waals surface area contributed by atoms with Crippen LogP contribution in [0.1, 0.15) is 57.7 Å². The van der Waals surface area contributed by atoms with Gasteiger partial charge in [0.2, 0.25) is 0 Å². The number of allylic oxidation sites excluding steroid dienone is 3. The van der Waals surface area contributed by atoms with Crippen molar-refractivity contribution >= 4 is 17.3 Å². The molecule has 0 spiro atoms. The summed E-state index contributed by atoms with van der Waals surface area (Å²) in [4.78, 5) is 20.5. The van der Waals surface area contributed by atoms with Gasteiger partial charge in [0, 0.05) is 48.0 Å². The Balaban J connectivity index is 0.00000411. The summed E-state index contributed by atoms with van der Waals surface area (Å²) in [5.41, 5.74) is 8.93. The monoisotopic (exact) mass is 573 g/mol. The number of halogens is 3. The second kappa shape index (κ2) is 17.0. The summed E-state index contributed by atoms with van der Waals surface area (Å²) in [5, 5.41) is 7.17. The van der Waals surface area contributed by atoms with Crippen LogP contribution < -0.4 is 22.2 Å². The van der Waals surface area contributed by atoms with E-state index in [2.05, 4.69) is 27.2 Å². The average Bonchev–Trinajstić information content (AvgIpc) is 2.92. The number of alkyl halides is 3. The van der Waals surface area contributed by atoms with E-state index in [1.807, 2.05) is 34.6 Å². The number of amides is 1. The Morgan fingerprint density at radius 2 is 1.83 bits per heavy atom. The summed E-state index contributed by atoms with van der Waals surface area (Å²) in [6.07, 6.45) is 3.31. The molecule has 0 aliphatic heterocycles. The van der Waals surface area contributed by atoms with Gasteiger partial charge in [-0.1, -0.05) is 58.1 Å². The van der Waals surface area contributed by atoms with Gasteiger partial charge >= 0.3 is 6.18 Å². The normalized spacial score (nSPS) is 12.5. The topological polar surface area (TPSA) is 122 Å². The third-order valence-electron chi connectivity index (χ3n) is 5.57. The van der Waals surface area contributed by atoms with Gasteiger partial charge in [-0.2, -0.15) is 13.2 Å². The molecule has 0 unspecified atom stereocenters. The van der Waals surface area contributed by atoms with Gasteiger partial charge in [0.05, 0.1) is 17.8 Å². The maximum atomic E-state index is 13.5. The molecule has 11 heteroatoms. The number of nitrogens with zero attached hydrogens (tertiary/aromatic N) is 3. The number of hydrogen-bond acceptors (Lipinski definition) is 7. The van der Waals surface area contributed by atoms with Crippen LogP contribution in [0.15, 0.2) is 78.6 Å². The van der Waals surface area contributed by atoms with Gasteiger partial charge in [0.25, 0.3) is 5.91 Å². The molecular weight excluding hydrogens is 531 g/mol. The zero-order chi connectivity index (χ0) is 31.2. The fourth-order valence-corrected chi connectivity index (χ4v) is 3.35. The Morgan fingerprint density at radius 1 is 1.20 bits per heavy atom. The molecule has 0 saturated heterocycles. The Kier molecular flexibility index (Phi) is 14.5. The Morgan fingerprint density at radius 3 is 2.41 bits per heavy atom. The second-order valence-electron chi connectivity index (χ2n) is 9.47. The van der Waals surface area contributed by atoms with Crippen molar-refractivity contribution in [3.8, 4) is 0 Å². The van der Waals surface area contributed by atoms with Crippen molar-refractivity contribution < 1.29 is 18.0 Å². The highest BCUT2D eigenvalue weighted by atomic mass is 19.4. The van der Waals surface area contributed by atoms with Gasteiger partial charge in [0.15, 0.2) is 0 Å². The number of rotatable bonds is 12. The van der Waals surface area contributed by atoms with E-state index in [1.165, 1.54) is 11.3 Å². The van der Waals surface area contributed by atoms with Crippen molar-refractivity contribution in [2.45, 2.75) is 66.7 Å². The summed E-state index contributed by atoms with van der Waals surface area (Å²) in [5.74, 6) is 5.53. The van der Waals surface area contributed by atoms with E-state index in [4.69, 9.17) is 11.6 Å². The van der Waals surface area contributed by atoms with Gasteiger partial charge in [-0.25, -0.2) is 15.8 Å². The molecule has 2 aromatic rings. The molecule has 8 nitrogen and oxygen atoms in total. The van der Waals surface area contributed by atoms with E-state index in [-0.39, 0.29) is 24.6 Å². The number of nitrogens with two attached hydrogens (primary N) is 2. The van der Waals surface area contributed by atoms with Crippen molar-refractivity contribution in [3.63, 3.8) is 0 Å². The third-order valence-corrected chi connectivity index (χ3v) is 5.57. The molecule has 224 valence electrons. The molecular formula is C30H42F3N7O. The quantitative estimate of drug-likeness (QED) is 0.110. The third kappa shape index (κ3) is 12.8. The Labute approximate surface area is 241 Å². The standard InChI is InChI=1S/C28H36F3N7O.C2H6/c1-18(2)36-12-19(3)10-24(28(29,30)31)8-6-21(5)27(39)37-25-9-7-20(4)22(11-25)15-38(33)16-26(32)23-13-34-17-35-14-23;1-2/h7-11,13-14,16-18,36H,5-6,12,15,32-33H2,1-4H3,(H,37,39);1-2H3/b19-10+,24-8?,26-16-;. The molecule has 0 radical (unpaired) electrons. The Bertz CT molecular complexity index is 1240. The molecule has 1 heterocycles. The van der Waals surface area contributed by atoms with Crippen LogP contribution in [0.4, 0.5) is 18.9 Å². The van der Waals surface area contributed by atoms with Crippen LogP contribution in [0.25, 0.3) is 5.70 Å². The summed E-state index contributed by atoms with van der Waals surface area (Å²) >= 11 is 0. The number of carbonyl (C=O) groups excluding carboxylic acids is 1. The largest absolute Gasteiger partial charge is 0.416 e. The highest BCUT2D eigenvalue weighted by molar-refractivity contribution is 6.03. The minimum atomic E-state index is -4.55. The van der Waals surface area contributed by atoms with Crippen LogP contribution in [0.3, 0.4) is 0 Å². The van der Waals surface area contributed by atoms with Crippen LogP contribution in [0.2, 0.25) is 0 Å². The average molecular weight is 574 g/mol. The highest BCUT2D eigenvalue weighted by Crippen LogP contribution is 2.28. The van der Waals surface area contributed by atoms with E-state index in [0.717, 1.165) is 23.3 Å². The van der Waals surface area contributed by atoms with Gasteiger partial charge in [-0.3, -0.25) is 4.79 Å². The van der Waals surface area contributed by atoms with Gasteiger partial charge in [-0.05, 0) is 43.5 Å². The number of aromatic nitrogens is 2. The fourth-order valence-electron chi connectivity index (χ4n) is 3.35. The lowest BCUT2D eigenvalue weighted by molar-refractivity contribution is -0.113. The van der Waals surface area contributed by atoms with Crippen LogP contribution >= 0.6 is 0 Å². The first-order valence-electron chi connectivity index (χ1n) is 13.3. The van der Waals surface area contributed by atoms with Crippen molar-refractivity contribution in [3.05, 3.63) is 95.3 Å². The van der Waals surface area contributed by atoms with Crippen LogP contribution in [0.5, 0.6) is 0 Å². The number of hydrogen-bond donors (Lipinski definition) is 4. The molecule has 0 aliphatic carbocycles. The SMILES string of the molecule is C=C(CC=C(/C=C(\C)CNC(C)C)C(F)(F)F)C(=O)Nc1ccc(C)c(CN(N)/C=C(\N)c2cncnc2)c1.CC. The summed E-state index contributed by atoms with van der Waals surface area (Å²) in [6, 6.07) is 5.38. The summed E-state index contributed by atoms with van der Waals surface area (Å²) < 4.78 is 40.6. The van der Waals surface area contributed by atoms with Crippen molar-refractivity contribution in [2.24, 2.45) is 11.6 Å². The van der Waals surface area contributed by atoms with Gasteiger partial charge in [0.1, 0.15) is 6.33 Å². The van der Waals surface area contributed by atoms with Crippen LogP contribution in [-0.4, -0.2) is 39.6 Å². The molecule has 0 fully saturated rings. The van der Waals surface area contributed by atoms with E-state index in [0.29, 0.717) is 29.1 Å². The number of aryl methyl sites for hydroxylation is 1. The van der Waals surface area contributed by atoms with Crippen molar-refractivity contribution in [1.29, 1.82) is 0 Å². The maximum Gasteiger partial charge on any atom is 0.416 e. The molecule has 0 atom stereocenters.